The van der Waals surface area contributed by atoms with Gasteiger partial charge in [0.1, 0.15) is 5.82 Å². The van der Waals surface area contributed by atoms with E-state index >= 15 is 0 Å². The summed E-state index contributed by atoms with van der Waals surface area (Å²) in [6, 6.07) is 11.5. The number of nitrogens with two attached hydrogens (primary N) is 1. The van der Waals surface area contributed by atoms with E-state index in [-0.39, 0.29) is 11.5 Å². The fourth-order valence-corrected chi connectivity index (χ4v) is 3.71. The van der Waals surface area contributed by atoms with E-state index < -0.39 is 0 Å². The summed E-state index contributed by atoms with van der Waals surface area (Å²) in [6.45, 7) is 6.02. The van der Waals surface area contributed by atoms with E-state index in [0.29, 0.717) is 12.6 Å². The predicted molar refractivity (Wildman–Crippen MR) is 89.6 cm³/mol. The first-order chi connectivity index (χ1) is 10.7. The minimum atomic E-state index is 0.152. The summed E-state index contributed by atoms with van der Waals surface area (Å²) >= 11 is 0. The second kappa shape index (κ2) is 6.23. The Hall–Kier alpha value is -1.65. The van der Waals surface area contributed by atoms with Crippen LogP contribution >= 0.6 is 0 Å². The summed E-state index contributed by atoms with van der Waals surface area (Å²) in [6.07, 6.45) is 6.13. The molecule has 3 N–H and O–H groups in total. The van der Waals surface area contributed by atoms with Gasteiger partial charge in [-0.3, -0.25) is 0 Å². The molecule has 2 aromatic rings. The normalized spacial score (nSPS) is 25.7. The molecule has 1 aromatic carbocycles. The van der Waals surface area contributed by atoms with Crippen molar-refractivity contribution in [1.29, 1.82) is 0 Å². The minimum absolute atomic E-state index is 0.152. The fourth-order valence-electron chi connectivity index (χ4n) is 3.71. The number of benzene rings is 1. The first-order valence-corrected chi connectivity index (χ1v) is 8.21. The molecule has 1 aromatic heterocycles. The minimum Gasteiger partial charge on any atom is -0.334 e. The van der Waals surface area contributed by atoms with Crippen molar-refractivity contribution in [3.8, 4) is 0 Å². The molecule has 1 heterocycles. The molecule has 1 aliphatic carbocycles. The molecule has 0 radical (unpaired) electrons. The molecule has 3 rings (SSSR count). The lowest BCUT2D eigenvalue weighted by Crippen LogP contribution is -2.55. The van der Waals surface area contributed by atoms with Crippen LogP contribution in [0.4, 0.5) is 0 Å². The van der Waals surface area contributed by atoms with Crippen molar-refractivity contribution >= 4 is 0 Å². The summed E-state index contributed by atoms with van der Waals surface area (Å²) < 4.78 is 2.20. The van der Waals surface area contributed by atoms with Crippen molar-refractivity contribution in [1.82, 2.24) is 14.9 Å². The molecule has 4 nitrogen and oxygen atoms in total. The molecule has 22 heavy (non-hydrogen) atoms. The standard InChI is InChI=1S/C18H26N4/c1-3-22-10-9-20-17(22)14(2)21-16-11-18(12-16,13-19)15-7-5-4-6-8-15/h4-10,14,16,21H,3,11-13,19H2,1-2H3. The third kappa shape index (κ3) is 2.69. The predicted octanol–water partition coefficient (Wildman–Crippen LogP) is 2.61. The van der Waals surface area contributed by atoms with E-state index in [9.17, 15) is 0 Å². The van der Waals surface area contributed by atoms with Crippen LogP contribution in [-0.2, 0) is 12.0 Å². The SMILES string of the molecule is CCn1ccnc1C(C)NC1CC(CN)(c2ccccc2)C1. The monoisotopic (exact) mass is 298 g/mol. The molecule has 0 bridgehead atoms. The van der Waals surface area contributed by atoms with E-state index in [1.54, 1.807) is 0 Å². The number of hydrogen-bond donors (Lipinski definition) is 2. The number of aromatic nitrogens is 2. The van der Waals surface area contributed by atoms with Gasteiger partial charge in [-0.15, -0.1) is 0 Å². The topological polar surface area (TPSA) is 55.9 Å². The van der Waals surface area contributed by atoms with Crippen LogP contribution in [0.3, 0.4) is 0 Å². The van der Waals surface area contributed by atoms with Crippen molar-refractivity contribution < 1.29 is 0 Å². The summed E-state index contributed by atoms with van der Waals surface area (Å²) in [5.41, 5.74) is 7.61. The molecule has 1 atom stereocenters. The lowest BCUT2D eigenvalue weighted by molar-refractivity contribution is 0.165. The van der Waals surface area contributed by atoms with E-state index in [0.717, 1.165) is 25.2 Å². The van der Waals surface area contributed by atoms with Crippen LogP contribution in [0.1, 0.15) is 44.1 Å². The molecule has 4 heteroatoms. The van der Waals surface area contributed by atoms with E-state index in [2.05, 4.69) is 59.0 Å². The van der Waals surface area contributed by atoms with Crippen molar-refractivity contribution in [2.75, 3.05) is 6.54 Å². The van der Waals surface area contributed by atoms with Crippen molar-refractivity contribution in [2.45, 2.75) is 50.7 Å². The molecule has 118 valence electrons. The van der Waals surface area contributed by atoms with Crippen LogP contribution < -0.4 is 11.1 Å². The molecule has 1 unspecified atom stereocenters. The highest BCUT2D eigenvalue weighted by atomic mass is 15.1. The second-order valence-corrected chi connectivity index (χ2v) is 6.42. The Morgan fingerprint density at radius 2 is 2.09 bits per heavy atom. The Morgan fingerprint density at radius 3 is 2.73 bits per heavy atom. The number of aryl methyl sites for hydroxylation is 1. The maximum atomic E-state index is 6.09. The van der Waals surface area contributed by atoms with Crippen LogP contribution in [0.25, 0.3) is 0 Å². The van der Waals surface area contributed by atoms with Crippen molar-refractivity contribution in [3.63, 3.8) is 0 Å². The van der Waals surface area contributed by atoms with Crippen LogP contribution in [0.5, 0.6) is 0 Å². The van der Waals surface area contributed by atoms with Gasteiger partial charge >= 0.3 is 0 Å². The Kier molecular flexibility index (Phi) is 4.32. The highest BCUT2D eigenvalue weighted by Crippen LogP contribution is 2.43. The maximum absolute atomic E-state index is 6.09. The second-order valence-electron chi connectivity index (χ2n) is 6.42. The number of imidazole rings is 1. The lowest BCUT2D eigenvalue weighted by Gasteiger charge is -2.49. The van der Waals surface area contributed by atoms with Crippen molar-refractivity contribution in [2.24, 2.45) is 5.73 Å². The molecule has 0 amide bonds. The van der Waals surface area contributed by atoms with Gasteiger partial charge in [-0.05, 0) is 32.3 Å². The van der Waals surface area contributed by atoms with Gasteiger partial charge in [0.2, 0.25) is 0 Å². The summed E-state index contributed by atoms with van der Waals surface area (Å²) in [5, 5.41) is 3.71. The van der Waals surface area contributed by atoms with Crippen LogP contribution in [0, 0.1) is 0 Å². The van der Waals surface area contributed by atoms with Crippen LogP contribution in [0.15, 0.2) is 42.7 Å². The van der Waals surface area contributed by atoms with E-state index in [1.165, 1.54) is 5.56 Å². The van der Waals surface area contributed by atoms with E-state index in [1.807, 2.05) is 12.4 Å². The van der Waals surface area contributed by atoms with Crippen molar-refractivity contribution in [3.05, 3.63) is 54.1 Å². The Labute approximate surface area is 132 Å². The zero-order valence-electron chi connectivity index (χ0n) is 13.5. The smallest absolute Gasteiger partial charge is 0.125 e. The van der Waals surface area contributed by atoms with Gasteiger partial charge < -0.3 is 15.6 Å². The largest absolute Gasteiger partial charge is 0.334 e. The number of hydrogen-bond acceptors (Lipinski definition) is 3. The summed E-state index contributed by atoms with van der Waals surface area (Å²) in [7, 11) is 0. The van der Waals surface area contributed by atoms with E-state index in [4.69, 9.17) is 5.73 Å². The van der Waals surface area contributed by atoms with Gasteiger partial charge in [0.25, 0.3) is 0 Å². The molecule has 1 saturated carbocycles. The highest BCUT2D eigenvalue weighted by molar-refractivity contribution is 5.30. The zero-order chi connectivity index (χ0) is 15.6. The zero-order valence-corrected chi connectivity index (χ0v) is 13.5. The molecule has 0 spiro atoms. The maximum Gasteiger partial charge on any atom is 0.125 e. The molecule has 0 saturated heterocycles. The number of rotatable bonds is 6. The molecular weight excluding hydrogens is 272 g/mol. The van der Waals surface area contributed by atoms with Gasteiger partial charge in [-0.1, -0.05) is 30.3 Å². The fraction of sp³-hybridized carbons (Fsp3) is 0.500. The highest BCUT2D eigenvalue weighted by Gasteiger charge is 2.44. The third-order valence-corrected chi connectivity index (χ3v) is 5.01. The molecule has 0 aliphatic heterocycles. The summed E-state index contributed by atoms with van der Waals surface area (Å²) in [5.74, 6) is 1.12. The quantitative estimate of drug-likeness (QED) is 0.862. The first kappa shape index (κ1) is 15.3. The van der Waals surface area contributed by atoms with Gasteiger partial charge in [-0.25, -0.2) is 4.98 Å². The molecule has 1 aliphatic rings. The molecule has 1 fully saturated rings. The average Bonchev–Trinajstić information content (AvgIpc) is 3.00. The summed E-state index contributed by atoms with van der Waals surface area (Å²) in [4.78, 5) is 4.49. The third-order valence-electron chi connectivity index (χ3n) is 5.01. The van der Waals surface area contributed by atoms with Gasteiger partial charge in [0.05, 0.1) is 6.04 Å². The Bertz CT molecular complexity index is 599. The van der Waals surface area contributed by atoms with Gasteiger partial charge in [-0.2, -0.15) is 0 Å². The lowest BCUT2D eigenvalue weighted by atomic mass is 9.61. The van der Waals surface area contributed by atoms with Gasteiger partial charge in [0.15, 0.2) is 0 Å². The number of nitrogens with zero attached hydrogens (tertiary/aromatic N) is 2. The van der Waals surface area contributed by atoms with Crippen LogP contribution in [0.2, 0.25) is 0 Å². The molecular formula is C18H26N4. The van der Waals surface area contributed by atoms with Crippen LogP contribution in [-0.4, -0.2) is 22.1 Å². The Balaban J connectivity index is 1.63. The Morgan fingerprint density at radius 1 is 1.36 bits per heavy atom. The van der Waals surface area contributed by atoms with Gasteiger partial charge in [0, 0.05) is 36.9 Å². The first-order valence-electron chi connectivity index (χ1n) is 8.21. The number of nitrogens with one attached hydrogen (secondary N) is 1. The average molecular weight is 298 g/mol.